The topological polar surface area (TPSA) is 64.9 Å². The number of nitrogens with zero attached hydrogens (tertiary/aromatic N) is 1. The molecule has 0 bridgehead atoms. The fourth-order valence-electron chi connectivity index (χ4n) is 3.78. The first-order valence-electron chi connectivity index (χ1n) is 9.37. The Hall–Kier alpha value is -1.40. The van der Waals surface area contributed by atoms with E-state index >= 15 is 0 Å². The van der Waals surface area contributed by atoms with E-state index in [9.17, 15) is 14.7 Å². The smallest absolute Gasteiger partial charge is 0.227 e. The predicted octanol–water partition coefficient (Wildman–Crippen LogP) is 0.210. The Morgan fingerprint density at radius 2 is 2.08 bits per heavy atom. The first kappa shape index (κ1) is 19.9. The van der Waals surface area contributed by atoms with Crippen LogP contribution in [0.4, 0.5) is 0 Å². The van der Waals surface area contributed by atoms with Crippen LogP contribution in [0.5, 0.6) is 0 Å². The molecule has 2 heterocycles. The van der Waals surface area contributed by atoms with Crippen molar-refractivity contribution in [1.82, 2.24) is 4.90 Å². The van der Waals surface area contributed by atoms with Gasteiger partial charge in [-0.05, 0) is 50.0 Å². The fraction of sp³-hybridized carbons (Fsp3) is 0.684. The first-order chi connectivity index (χ1) is 12.0. The summed E-state index contributed by atoms with van der Waals surface area (Å²) < 4.78 is 0. The van der Waals surface area contributed by atoms with Crippen molar-refractivity contribution in [3.63, 3.8) is 0 Å². The van der Waals surface area contributed by atoms with E-state index in [1.165, 1.54) is 4.90 Å². The summed E-state index contributed by atoms with van der Waals surface area (Å²) in [5.41, 5.74) is 0. The Bertz CT molecular complexity index is 543. The molecule has 5 nitrogen and oxygen atoms in total. The number of aliphatic carboxylic acids is 1. The van der Waals surface area contributed by atoms with Gasteiger partial charge in [0.15, 0.2) is 0 Å². The van der Waals surface area contributed by atoms with Crippen molar-refractivity contribution >= 4 is 23.2 Å². The van der Waals surface area contributed by atoms with Gasteiger partial charge in [-0.25, -0.2) is 0 Å². The predicted molar refractivity (Wildman–Crippen MR) is 97.4 cm³/mol. The number of likely N-dealkylation sites (tertiary alicyclic amines) is 1. The molecule has 2 rings (SSSR count). The molecular formula is C19H30N2O3S. The highest BCUT2D eigenvalue weighted by Gasteiger charge is 2.32. The van der Waals surface area contributed by atoms with Gasteiger partial charge in [-0.3, -0.25) is 4.79 Å². The Morgan fingerprint density at radius 3 is 2.68 bits per heavy atom. The summed E-state index contributed by atoms with van der Waals surface area (Å²) in [6, 6.07) is 3.96. The average molecular weight is 367 g/mol. The molecule has 6 heteroatoms. The number of carbonyl (C=O) groups excluding carboxylic acids is 2. The molecule has 0 radical (unpaired) electrons. The van der Waals surface area contributed by atoms with Crippen LogP contribution in [0, 0.1) is 11.8 Å². The summed E-state index contributed by atoms with van der Waals surface area (Å²) in [6.45, 7) is 8.89. The Balaban J connectivity index is 1.96. The van der Waals surface area contributed by atoms with E-state index in [0.717, 1.165) is 37.4 Å². The van der Waals surface area contributed by atoms with Crippen LogP contribution in [0.2, 0.25) is 0 Å². The zero-order chi connectivity index (χ0) is 18.2. The highest BCUT2D eigenvalue weighted by molar-refractivity contribution is 7.10. The van der Waals surface area contributed by atoms with Crippen LogP contribution in [0.3, 0.4) is 0 Å². The normalized spacial score (nSPS) is 20.8. The number of carbonyl (C=O) groups is 2. The van der Waals surface area contributed by atoms with Gasteiger partial charge in [0, 0.05) is 30.4 Å². The molecule has 140 valence electrons. The van der Waals surface area contributed by atoms with Gasteiger partial charge in [0.05, 0.1) is 26.1 Å². The molecule has 1 N–H and O–H groups in total. The molecule has 0 unspecified atom stereocenters. The van der Waals surface area contributed by atoms with Gasteiger partial charge in [0.1, 0.15) is 0 Å². The number of thiophene rings is 1. The van der Waals surface area contributed by atoms with Crippen molar-refractivity contribution in [2.75, 3.05) is 32.7 Å². The van der Waals surface area contributed by atoms with E-state index in [0.29, 0.717) is 19.5 Å². The lowest BCUT2D eigenvalue weighted by molar-refractivity contribution is -0.897. The summed E-state index contributed by atoms with van der Waals surface area (Å²) >= 11 is 1.61. The third-order valence-electron chi connectivity index (χ3n) is 5.45. The maximum atomic E-state index is 12.6. The Morgan fingerprint density at radius 1 is 1.32 bits per heavy atom. The summed E-state index contributed by atoms with van der Waals surface area (Å²) in [5.74, 6) is -0.420. The highest BCUT2D eigenvalue weighted by atomic mass is 32.1. The van der Waals surface area contributed by atoms with Crippen molar-refractivity contribution < 1.29 is 19.6 Å². The van der Waals surface area contributed by atoms with E-state index in [2.05, 4.69) is 13.8 Å². The minimum Gasteiger partial charge on any atom is -0.550 e. The van der Waals surface area contributed by atoms with Crippen LogP contribution < -0.4 is 10.0 Å². The number of hydrogen-bond acceptors (Lipinski definition) is 4. The summed E-state index contributed by atoms with van der Waals surface area (Å²) in [7, 11) is 0. The molecule has 1 fully saturated rings. The van der Waals surface area contributed by atoms with Crippen molar-refractivity contribution in [2.24, 2.45) is 11.8 Å². The number of hydrogen-bond donors (Lipinski definition) is 1. The van der Waals surface area contributed by atoms with Crippen molar-refractivity contribution in [3.8, 4) is 0 Å². The standard InChI is InChI=1S/C19H30N2O3S/c1-3-20(4-2)9-7-16-14-21(10-8-15(16)12-19(23)24)18(22)13-17-6-5-11-25-17/h5-6,11,15-16H,3-4,7-10,12-14H2,1-2H3,(H,23,24)/t15-,16-/m0/s1. The number of quaternary nitrogens is 1. The number of rotatable bonds is 9. The molecule has 2 atom stereocenters. The zero-order valence-corrected chi connectivity index (χ0v) is 16.1. The quantitative estimate of drug-likeness (QED) is 0.680. The maximum absolute atomic E-state index is 12.6. The lowest BCUT2D eigenvalue weighted by Gasteiger charge is -2.39. The van der Waals surface area contributed by atoms with E-state index in [-0.39, 0.29) is 24.2 Å². The summed E-state index contributed by atoms with van der Waals surface area (Å²) in [6.07, 6.45) is 2.31. The third-order valence-corrected chi connectivity index (χ3v) is 6.32. The van der Waals surface area contributed by atoms with E-state index < -0.39 is 5.97 Å². The number of amides is 1. The van der Waals surface area contributed by atoms with Crippen molar-refractivity contribution in [3.05, 3.63) is 22.4 Å². The number of nitrogens with one attached hydrogen (secondary N) is 1. The lowest BCUT2D eigenvalue weighted by atomic mass is 9.81. The van der Waals surface area contributed by atoms with Crippen LogP contribution in [-0.2, 0) is 16.0 Å². The van der Waals surface area contributed by atoms with E-state index in [1.54, 1.807) is 11.3 Å². The second kappa shape index (κ2) is 9.92. The molecule has 1 aliphatic heterocycles. The number of piperidine rings is 1. The molecule has 1 aliphatic rings. The SMILES string of the molecule is CC[NH+](CC)CC[C@H]1CN(C(=O)Cc2cccs2)CC[C@H]1CC(=O)[O-]. The third kappa shape index (κ3) is 6.12. The molecule has 0 spiro atoms. The number of carboxylic acid groups (broad SMARTS) is 1. The highest BCUT2D eigenvalue weighted by Crippen LogP contribution is 2.29. The zero-order valence-electron chi connectivity index (χ0n) is 15.3. The molecule has 1 aromatic rings. The Labute approximate surface area is 154 Å². The van der Waals surface area contributed by atoms with E-state index in [1.807, 2.05) is 22.4 Å². The van der Waals surface area contributed by atoms with Crippen LogP contribution in [0.25, 0.3) is 0 Å². The van der Waals surface area contributed by atoms with Gasteiger partial charge in [-0.15, -0.1) is 11.3 Å². The fourth-order valence-corrected chi connectivity index (χ4v) is 4.48. The molecular weight excluding hydrogens is 336 g/mol. The van der Waals surface area contributed by atoms with Crippen LogP contribution in [-0.4, -0.2) is 49.5 Å². The Kier molecular flexibility index (Phi) is 7.90. The number of carboxylic acids is 1. The van der Waals surface area contributed by atoms with Crippen molar-refractivity contribution in [2.45, 2.75) is 39.5 Å². The van der Waals surface area contributed by atoms with Gasteiger partial charge in [0.25, 0.3) is 0 Å². The van der Waals surface area contributed by atoms with Crippen LogP contribution in [0.15, 0.2) is 17.5 Å². The molecule has 0 saturated carbocycles. The second-order valence-corrected chi connectivity index (χ2v) is 8.01. The maximum Gasteiger partial charge on any atom is 0.227 e. The monoisotopic (exact) mass is 366 g/mol. The first-order valence-corrected chi connectivity index (χ1v) is 10.2. The molecule has 1 aromatic heterocycles. The average Bonchev–Trinajstić information content (AvgIpc) is 3.09. The van der Waals surface area contributed by atoms with E-state index in [4.69, 9.17) is 0 Å². The summed E-state index contributed by atoms with van der Waals surface area (Å²) in [4.78, 5) is 28.2. The molecule has 1 amide bonds. The minimum atomic E-state index is -0.969. The van der Waals surface area contributed by atoms with Crippen LogP contribution >= 0.6 is 11.3 Å². The van der Waals surface area contributed by atoms with Gasteiger partial charge in [0.2, 0.25) is 5.91 Å². The second-order valence-electron chi connectivity index (χ2n) is 6.98. The van der Waals surface area contributed by atoms with Gasteiger partial charge in [-0.2, -0.15) is 0 Å². The van der Waals surface area contributed by atoms with Crippen molar-refractivity contribution in [1.29, 1.82) is 0 Å². The minimum absolute atomic E-state index is 0.116. The van der Waals surface area contributed by atoms with Gasteiger partial charge in [-0.1, -0.05) is 6.07 Å². The molecule has 1 saturated heterocycles. The molecule has 0 aliphatic carbocycles. The largest absolute Gasteiger partial charge is 0.550 e. The van der Waals surface area contributed by atoms with Gasteiger partial charge < -0.3 is 19.7 Å². The summed E-state index contributed by atoms with van der Waals surface area (Å²) in [5, 5.41) is 13.1. The molecule has 0 aromatic carbocycles. The van der Waals surface area contributed by atoms with Crippen LogP contribution in [0.1, 0.15) is 38.0 Å². The lowest BCUT2D eigenvalue weighted by Crippen LogP contribution is -3.11. The molecule has 25 heavy (non-hydrogen) atoms. The van der Waals surface area contributed by atoms with Gasteiger partial charge >= 0.3 is 0 Å².